The van der Waals surface area contributed by atoms with Gasteiger partial charge in [0.15, 0.2) is 0 Å². The Morgan fingerprint density at radius 2 is 2.00 bits per heavy atom. The van der Waals surface area contributed by atoms with Crippen LogP contribution in [-0.2, 0) is 0 Å². The van der Waals surface area contributed by atoms with Crippen molar-refractivity contribution in [2.24, 2.45) is 0 Å². The minimum Gasteiger partial charge on any atom is -0.507 e. The number of nitrogens with one attached hydrogen (secondary N) is 2. The number of hydrogen-bond acceptors (Lipinski definition) is 6. The fourth-order valence-electron chi connectivity index (χ4n) is 3.25. The third-order valence-electron chi connectivity index (χ3n) is 4.84. The normalized spacial score (nSPS) is 11.7. The number of nitrogens with zero attached hydrogens (tertiary/aromatic N) is 2. The van der Waals surface area contributed by atoms with E-state index in [1.165, 1.54) is 23.5 Å². The molecule has 1 aromatic carbocycles. The molecule has 4 rings (SSSR count). The first-order valence-electron chi connectivity index (χ1n) is 9.79. The molecular formula is C24H19FN4O2S. The molecule has 1 amide bonds. The summed E-state index contributed by atoms with van der Waals surface area (Å²) in [6.45, 7) is 0. The van der Waals surface area contributed by atoms with Gasteiger partial charge in [0, 0.05) is 47.9 Å². The number of benzene rings is 1. The highest BCUT2D eigenvalue weighted by molar-refractivity contribution is 7.17. The number of aromatic nitrogens is 2. The van der Waals surface area contributed by atoms with Gasteiger partial charge in [-0.1, -0.05) is 18.2 Å². The number of thiophene rings is 1. The molecule has 3 N–H and O–H groups in total. The summed E-state index contributed by atoms with van der Waals surface area (Å²) in [5, 5.41) is 21.6. The first-order chi connectivity index (χ1) is 15.5. The lowest BCUT2D eigenvalue weighted by Crippen LogP contribution is -2.30. The van der Waals surface area contributed by atoms with Crippen molar-refractivity contribution in [3.63, 3.8) is 0 Å². The molecule has 4 aromatic rings. The fraction of sp³-hybridized carbons (Fsp3) is 0.0833. The van der Waals surface area contributed by atoms with Crippen LogP contribution in [0.15, 0.2) is 79.3 Å². The maximum atomic E-state index is 13.5. The predicted octanol–water partition coefficient (Wildman–Crippen LogP) is 4.98. The molecule has 0 aliphatic carbocycles. The third kappa shape index (κ3) is 4.87. The highest BCUT2D eigenvalue weighted by atomic mass is 32.1. The van der Waals surface area contributed by atoms with E-state index in [1.807, 2.05) is 24.3 Å². The molecule has 0 bridgehead atoms. The summed E-state index contributed by atoms with van der Waals surface area (Å²) >= 11 is 1.29. The third-order valence-corrected chi connectivity index (χ3v) is 5.95. The van der Waals surface area contributed by atoms with Gasteiger partial charge in [0.05, 0.1) is 21.5 Å². The Morgan fingerprint density at radius 3 is 2.72 bits per heavy atom. The molecule has 3 heterocycles. The van der Waals surface area contributed by atoms with Crippen LogP contribution in [0.4, 0.5) is 4.39 Å². The Kier molecular flexibility index (Phi) is 6.32. The van der Waals surface area contributed by atoms with Crippen LogP contribution in [0, 0.1) is 11.2 Å². The zero-order valence-electron chi connectivity index (χ0n) is 16.8. The van der Waals surface area contributed by atoms with Crippen molar-refractivity contribution in [1.29, 1.82) is 5.41 Å². The number of amides is 1. The monoisotopic (exact) mass is 446 g/mol. The van der Waals surface area contributed by atoms with Crippen LogP contribution >= 0.6 is 11.3 Å². The Morgan fingerprint density at radius 1 is 1.12 bits per heavy atom. The largest absolute Gasteiger partial charge is 0.507 e. The molecule has 160 valence electrons. The van der Waals surface area contributed by atoms with Crippen LogP contribution in [0.25, 0.3) is 10.6 Å². The number of halogens is 1. The number of pyridine rings is 2. The maximum absolute atomic E-state index is 13.5. The van der Waals surface area contributed by atoms with Crippen molar-refractivity contribution in [1.82, 2.24) is 15.3 Å². The van der Waals surface area contributed by atoms with Crippen LogP contribution in [0.1, 0.15) is 33.3 Å². The summed E-state index contributed by atoms with van der Waals surface area (Å²) in [5.74, 6) is -1.23. The SMILES string of the molecule is N=C(CC(NC(=O)c1ccc(-c2ccccn2)s1)c1ccc(F)cc1O)c1cccnc1. The molecule has 1 atom stereocenters. The number of hydrogen-bond donors (Lipinski definition) is 3. The highest BCUT2D eigenvalue weighted by Crippen LogP contribution is 2.30. The minimum atomic E-state index is -0.740. The predicted molar refractivity (Wildman–Crippen MR) is 122 cm³/mol. The first kappa shape index (κ1) is 21.3. The van der Waals surface area contributed by atoms with Crippen LogP contribution in [0.2, 0.25) is 0 Å². The first-order valence-corrected chi connectivity index (χ1v) is 10.6. The molecule has 32 heavy (non-hydrogen) atoms. The molecule has 6 nitrogen and oxygen atoms in total. The number of carbonyl (C=O) groups excluding carboxylic acids is 1. The summed E-state index contributed by atoms with van der Waals surface area (Å²) in [7, 11) is 0. The van der Waals surface area contributed by atoms with Crippen LogP contribution in [-0.4, -0.2) is 26.7 Å². The van der Waals surface area contributed by atoms with E-state index in [0.29, 0.717) is 16.0 Å². The maximum Gasteiger partial charge on any atom is 0.261 e. The molecule has 0 aliphatic rings. The van der Waals surface area contributed by atoms with Crippen molar-refractivity contribution in [2.75, 3.05) is 0 Å². The number of rotatable bonds is 7. The second-order valence-electron chi connectivity index (χ2n) is 7.03. The van der Waals surface area contributed by atoms with E-state index < -0.39 is 11.9 Å². The minimum absolute atomic E-state index is 0.0924. The average Bonchev–Trinajstić information content (AvgIpc) is 3.30. The van der Waals surface area contributed by atoms with Gasteiger partial charge in [-0.25, -0.2) is 4.39 Å². The molecule has 0 spiro atoms. The molecule has 8 heteroatoms. The lowest BCUT2D eigenvalue weighted by atomic mass is 9.97. The van der Waals surface area contributed by atoms with Crippen LogP contribution in [0.3, 0.4) is 0 Å². The number of aromatic hydroxyl groups is 1. The van der Waals surface area contributed by atoms with Crippen LogP contribution < -0.4 is 5.32 Å². The quantitative estimate of drug-likeness (QED) is 0.349. The topological polar surface area (TPSA) is 99.0 Å². The molecule has 3 aromatic heterocycles. The zero-order chi connectivity index (χ0) is 22.5. The standard InChI is InChI=1S/C24H19FN4O2S/c25-16-6-7-17(21(30)12-16)20(13-18(26)15-4-3-10-27-14-15)29-24(31)23-9-8-22(32-23)19-5-1-2-11-28-19/h1-12,14,20,26,30H,13H2,(H,29,31). The lowest BCUT2D eigenvalue weighted by molar-refractivity contribution is 0.0941. The van der Waals surface area contributed by atoms with Gasteiger partial charge in [-0.05, 0) is 36.4 Å². The van der Waals surface area contributed by atoms with Gasteiger partial charge in [-0.3, -0.25) is 14.8 Å². The van der Waals surface area contributed by atoms with Crippen molar-refractivity contribution < 1.29 is 14.3 Å². The summed E-state index contributed by atoms with van der Waals surface area (Å²) in [6.07, 6.45) is 4.95. The van der Waals surface area contributed by atoms with E-state index >= 15 is 0 Å². The van der Waals surface area contributed by atoms with Gasteiger partial charge >= 0.3 is 0 Å². The molecule has 1 unspecified atom stereocenters. The average molecular weight is 447 g/mol. The molecular weight excluding hydrogens is 427 g/mol. The van der Waals surface area contributed by atoms with E-state index in [-0.39, 0.29) is 23.8 Å². The smallest absolute Gasteiger partial charge is 0.261 e. The van der Waals surface area contributed by atoms with Crippen molar-refractivity contribution >= 4 is 23.0 Å². The Balaban J connectivity index is 1.59. The molecule has 0 saturated carbocycles. The second-order valence-corrected chi connectivity index (χ2v) is 8.12. The van der Waals surface area contributed by atoms with E-state index in [0.717, 1.165) is 16.6 Å². The molecule has 0 radical (unpaired) electrons. The summed E-state index contributed by atoms with van der Waals surface area (Å²) in [5.41, 5.74) is 1.92. The summed E-state index contributed by atoms with van der Waals surface area (Å²) < 4.78 is 13.5. The number of carbonyl (C=O) groups is 1. The van der Waals surface area contributed by atoms with E-state index in [2.05, 4.69) is 15.3 Å². The number of phenols is 1. The second kappa shape index (κ2) is 9.49. The van der Waals surface area contributed by atoms with Gasteiger partial charge in [-0.15, -0.1) is 11.3 Å². The molecule has 0 aliphatic heterocycles. The Labute approximate surface area is 187 Å². The van der Waals surface area contributed by atoms with Crippen molar-refractivity contribution in [2.45, 2.75) is 12.5 Å². The van der Waals surface area contributed by atoms with Gasteiger partial charge in [0.25, 0.3) is 5.91 Å². The van der Waals surface area contributed by atoms with Gasteiger partial charge in [0.2, 0.25) is 0 Å². The molecule has 0 saturated heterocycles. The fourth-order valence-corrected chi connectivity index (χ4v) is 4.13. The number of phenolic OH excluding ortho intramolecular Hbond substituents is 1. The Hall–Kier alpha value is -3.91. The Bertz CT molecular complexity index is 1250. The zero-order valence-corrected chi connectivity index (χ0v) is 17.6. The van der Waals surface area contributed by atoms with Gasteiger partial charge in [-0.2, -0.15) is 0 Å². The van der Waals surface area contributed by atoms with E-state index in [1.54, 1.807) is 36.8 Å². The lowest BCUT2D eigenvalue weighted by Gasteiger charge is -2.20. The summed E-state index contributed by atoms with van der Waals surface area (Å²) in [6, 6.07) is 15.4. The summed E-state index contributed by atoms with van der Waals surface area (Å²) in [4.78, 5) is 22.6. The van der Waals surface area contributed by atoms with Gasteiger partial charge < -0.3 is 15.8 Å². The van der Waals surface area contributed by atoms with Crippen molar-refractivity contribution in [3.05, 3.63) is 101 Å². The highest BCUT2D eigenvalue weighted by Gasteiger charge is 2.22. The van der Waals surface area contributed by atoms with Crippen molar-refractivity contribution in [3.8, 4) is 16.3 Å². The van der Waals surface area contributed by atoms with Gasteiger partial charge in [0.1, 0.15) is 11.6 Å². The van der Waals surface area contributed by atoms with Crippen LogP contribution in [0.5, 0.6) is 5.75 Å². The van der Waals surface area contributed by atoms with E-state index in [4.69, 9.17) is 5.41 Å². The molecule has 0 fully saturated rings. The van der Waals surface area contributed by atoms with E-state index in [9.17, 15) is 14.3 Å².